The lowest BCUT2D eigenvalue weighted by Gasteiger charge is -2.04. The summed E-state index contributed by atoms with van der Waals surface area (Å²) in [5, 5.41) is 12.8. The van der Waals surface area contributed by atoms with E-state index in [0.29, 0.717) is 15.6 Å². The van der Waals surface area contributed by atoms with E-state index in [4.69, 9.17) is 23.2 Å². The number of aliphatic hydroxyl groups excluding tert-OH is 1. The first kappa shape index (κ1) is 12.5. The summed E-state index contributed by atoms with van der Waals surface area (Å²) in [7, 11) is 0. The van der Waals surface area contributed by atoms with Crippen LogP contribution in [-0.2, 0) is 0 Å². The van der Waals surface area contributed by atoms with E-state index in [-0.39, 0.29) is 0 Å². The lowest BCUT2D eigenvalue weighted by Crippen LogP contribution is -1.93. The van der Waals surface area contributed by atoms with Crippen LogP contribution < -0.4 is 0 Å². The van der Waals surface area contributed by atoms with Crippen molar-refractivity contribution >= 4 is 34.5 Å². The van der Waals surface area contributed by atoms with E-state index < -0.39 is 6.10 Å². The molecule has 17 heavy (non-hydrogen) atoms. The summed E-state index contributed by atoms with van der Waals surface area (Å²) in [6, 6.07) is 8.74. The molecule has 1 aromatic heterocycles. The molecule has 0 aliphatic carbocycles. The Morgan fingerprint density at radius 1 is 1.18 bits per heavy atom. The van der Waals surface area contributed by atoms with E-state index in [9.17, 15) is 5.11 Å². The minimum atomic E-state index is -0.881. The van der Waals surface area contributed by atoms with E-state index in [1.165, 1.54) is 11.3 Å². The van der Waals surface area contributed by atoms with Gasteiger partial charge < -0.3 is 5.11 Å². The monoisotopic (exact) mass is 282 g/mol. The SMILES string of the molecule is OC(C#Cc1cccs1)c1cc(Cl)cc(Cl)c1. The van der Waals surface area contributed by atoms with Crippen LogP contribution >= 0.6 is 34.5 Å². The quantitative estimate of drug-likeness (QED) is 0.780. The maximum absolute atomic E-state index is 9.88. The predicted molar refractivity (Wildman–Crippen MR) is 72.6 cm³/mol. The van der Waals surface area contributed by atoms with Gasteiger partial charge in [-0.2, -0.15) is 0 Å². The second kappa shape index (κ2) is 5.57. The number of hydrogen-bond donors (Lipinski definition) is 1. The molecule has 0 saturated heterocycles. The molecule has 86 valence electrons. The Morgan fingerprint density at radius 3 is 2.47 bits per heavy atom. The van der Waals surface area contributed by atoms with Crippen LogP contribution in [0.3, 0.4) is 0 Å². The fraction of sp³-hybridized carbons (Fsp3) is 0.0769. The van der Waals surface area contributed by atoms with Crippen molar-refractivity contribution in [3.8, 4) is 11.8 Å². The number of rotatable bonds is 1. The highest BCUT2D eigenvalue weighted by molar-refractivity contribution is 7.10. The van der Waals surface area contributed by atoms with Crippen molar-refractivity contribution in [2.24, 2.45) is 0 Å². The van der Waals surface area contributed by atoms with Crippen molar-refractivity contribution in [3.05, 3.63) is 56.2 Å². The molecule has 0 amide bonds. The lowest BCUT2D eigenvalue weighted by molar-refractivity contribution is 0.238. The molecule has 0 aliphatic rings. The van der Waals surface area contributed by atoms with Gasteiger partial charge >= 0.3 is 0 Å². The van der Waals surface area contributed by atoms with Gasteiger partial charge in [-0.1, -0.05) is 41.1 Å². The summed E-state index contributed by atoms with van der Waals surface area (Å²) in [6.45, 7) is 0. The topological polar surface area (TPSA) is 20.2 Å². The van der Waals surface area contributed by atoms with Crippen molar-refractivity contribution in [3.63, 3.8) is 0 Å². The van der Waals surface area contributed by atoms with Crippen molar-refractivity contribution in [1.82, 2.24) is 0 Å². The van der Waals surface area contributed by atoms with E-state index >= 15 is 0 Å². The highest BCUT2D eigenvalue weighted by atomic mass is 35.5. The van der Waals surface area contributed by atoms with Crippen molar-refractivity contribution in [2.75, 3.05) is 0 Å². The lowest BCUT2D eigenvalue weighted by atomic mass is 10.1. The Labute approximate surface area is 114 Å². The Morgan fingerprint density at radius 2 is 1.88 bits per heavy atom. The van der Waals surface area contributed by atoms with Gasteiger partial charge in [0.05, 0.1) is 4.88 Å². The fourth-order valence-corrected chi connectivity index (χ4v) is 2.43. The van der Waals surface area contributed by atoms with Crippen LogP contribution in [0.1, 0.15) is 16.5 Å². The molecule has 1 aromatic carbocycles. The number of aliphatic hydroxyl groups is 1. The second-order valence-electron chi connectivity index (χ2n) is 3.35. The third kappa shape index (κ3) is 3.49. The van der Waals surface area contributed by atoms with E-state index in [0.717, 1.165) is 4.88 Å². The standard InChI is InChI=1S/C13H8Cl2OS/c14-10-6-9(7-11(15)8-10)13(16)4-3-12-2-1-5-17-12/h1-2,5-8,13,16H. The Kier molecular flexibility index (Phi) is 4.09. The molecule has 2 aromatic rings. The predicted octanol–water partition coefficient (Wildman–Crippen LogP) is 4.14. The van der Waals surface area contributed by atoms with E-state index in [1.807, 2.05) is 17.5 Å². The minimum absolute atomic E-state index is 0.490. The average molecular weight is 283 g/mol. The van der Waals surface area contributed by atoms with Gasteiger partial charge in [-0.3, -0.25) is 0 Å². The normalized spacial score (nSPS) is 11.7. The molecule has 4 heteroatoms. The van der Waals surface area contributed by atoms with Crippen LogP contribution in [0.25, 0.3) is 0 Å². The maximum atomic E-state index is 9.88. The summed E-state index contributed by atoms with van der Waals surface area (Å²) in [6.07, 6.45) is -0.881. The van der Waals surface area contributed by atoms with Crippen molar-refractivity contribution < 1.29 is 5.11 Å². The number of benzene rings is 1. The number of halogens is 2. The molecule has 1 N–H and O–H groups in total. The van der Waals surface area contributed by atoms with Gasteiger partial charge in [0.1, 0.15) is 6.10 Å². The maximum Gasteiger partial charge on any atom is 0.140 e. The molecule has 1 unspecified atom stereocenters. The van der Waals surface area contributed by atoms with Crippen LogP contribution in [-0.4, -0.2) is 5.11 Å². The second-order valence-corrected chi connectivity index (χ2v) is 5.17. The third-order valence-corrected chi connectivity index (χ3v) is 3.28. The van der Waals surface area contributed by atoms with Crippen LogP contribution in [0.15, 0.2) is 35.7 Å². The summed E-state index contributed by atoms with van der Waals surface area (Å²) in [4.78, 5) is 0.914. The summed E-state index contributed by atoms with van der Waals surface area (Å²) in [5.41, 5.74) is 0.603. The van der Waals surface area contributed by atoms with Gasteiger partial charge in [0.25, 0.3) is 0 Å². The van der Waals surface area contributed by atoms with Gasteiger partial charge in [0.15, 0.2) is 0 Å². The molecule has 0 aliphatic heterocycles. The Hall–Kier alpha value is -0.980. The zero-order valence-electron chi connectivity index (χ0n) is 8.65. The van der Waals surface area contributed by atoms with Gasteiger partial charge in [0.2, 0.25) is 0 Å². The van der Waals surface area contributed by atoms with Crippen LogP contribution in [0, 0.1) is 11.8 Å². The molecule has 0 radical (unpaired) electrons. The molecule has 0 bridgehead atoms. The molecule has 0 fully saturated rings. The Balaban J connectivity index is 2.22. The van der Waals surface area contributed by atoms with E-state index in [1.54, 1.807) is 18.2 Å². The first-order valence-corrected chi connectivity index (χ1v) is 6.48. The molecule has 1 atom stereocenters. The Bertz CT molecular complexity index is 547. The summed E-state index contributed by atoms with van der Waals surface area (Å²) in [5.74, 6) is 5.65. The molecule has 1 heterocycles. The molecule has 0 spiro atoms. The van der Waals surface area contributed by atoms with Crippen molar-refractivity contribution in [2.45, 2.75) is 6.10 Å². The summed E-state index contributed by atoms with van der Waals surface area (Å²) < 4.78 is 0. The average Bonchev–Trinajstić information content (AvgIpc) is 2.77. The first-order valence-electron chi connectivity index (χ1n) is 4.84. The first-order chi connectivity index (χ1) is 8.15. The highest BCUT2D eigenvalue weighted by Crippen LogP contribution is 2.23. The van der Waals surface area contributed by atoms with Crippen LogP contribution in [0.4, 0.5) is 0 Å². The van der Waals surface area contributed by atoms with Gasteiger partial charge in [-0.15, -0.1) is 11.3 Å². The molecule has 1 nitrogen and oxygen atoms in total. The molecular formula is C13H8Cl2OS. The van der Waals surface area contributed by atoms with Gasteiger partial charge in [0, 0.05) is 10.0 Å². The number of hydrogen-bond acceptors (Lipinski definition) is 2. The molecule has 0 saturated carbocycles. The van der Waals surface area contributed by atoms with Gasteiger partial charge in [-0.05, 0) is 35.2 Å². The zero-order valence-corrected chi connectivity index (χ0v) is 11.0. The fourth-order valence-electron chi connectivity index (χ4n) is 1.31. The number of thiophene rings is 1. The largest absolute Gasteiger partial charge is 0.376 e. The third-order valence-electron chi connectivity index (χ3n) is 2.05. The molecule has 2 rings (SSSR count). The van der Waals surface area contributed by atoms with Crippen LogP contribution in [0.2, 0.25) is 10.0 Å². The summed E-state index contributed by atoms with van der Waals surface area (Å²) >= 11 is 13.2. The minimum Gasteiger partial charge on any atom is -0.376 e. The van der Waals surface area contributed by atoms with Gasteiger partial charge in [-0.25, -0.2) is 0 Å². The highest BCUT2D eigenvalue weighted by Gasteiger charge is 2.06. The zero-order chi connectivity index (χ0) is 12.3. The molecular weight excluding hydrogens is 275 g/mol. The smallest absolute Gasteiger partial charge is 0.140 e. The van der Waals surface area contributed by atoms with Crippen LogP contribution in [0.5, 0.6) is 0 Å². The van der Waals surface area contributed by atoms with Crippen molar-refractivity contribution in [1.29, 1.82) is 0 Å². The van der Waals surface area contributed by atoms with E-state index in [2.05, 4.69) is 11.8 Å².